The van der Waals surface area contributed by atoms with Crippen molar-refractivity contribution in [3.63, 3.8) is 0 Å². The van der Waals surface area contributed by atoms with Crippen LogP contribution in [0.25, 0.3) is 0 Å². The van der Waals surface area contributed by atoms with Crippen LogP contribution in [0.5, 0.6) is 0 Å². The maximum Gasteiger partial charge on any atom is 0.162 e. The second-order valence-electron chi connectivity index (χ2n) is 5.18. The van der Waals surface area contributed by atoms with E-state index >= 15 is 0 Å². The summed E-state index contributed by atoms with van der Waals surface area (Å²) in [4.78, 5) is 14.0. The van der Waals surface area contributed by atoms with Gasteiger partial charge in [0.1, 0.15) is 0 Å². The van der Waals surface area contributed by atoms with Gasteiger partial charge in [-0.2, -0.15) is 0 Å². The van der Waals surface area contributed by atoms with Crippen LogP contribution in [-0.4, -0.2) is 30.1 Å². The second-order valence-corrected chi connectivity index (χ2v) is 5.18. The Morgan fingerprint density at radius 1 is 1.32 bits per heavy atom. The maximum absolute atomic E-state index is 11.6. The van der Waals surface area contributed by atoms with Gasteiger partial charge in [0.25, 0.3) is 0 Å². The van der Waals surface area contributed by atoms with Crippen molar-refractivity contribution in [1.29, 1.82) is 0 Å². The summed E-state index contributed by atoms with van der Waals surface area (Å²) in [6.45, 7) is 3.01. The summed E-state index contributed by atoms with van der Waals surface area (Å²) in [7, 11) is 0. The lowest BCUT2D eigenvalue weighted by molar-refractivity contribution is 0.0988. The minimum atomic E-state index is 0.192. The summed E-state index contributed by atoms with van der Waals surface area (Å²) in [5, 5.41) is 9.01. The first-order valence-electron chi connectivity index (χ1n) is 7.27. The Bertz CT molecular complexity index is 409. The minimum Gasteiger partial charge on any atom is -0.396 e. The quantitative estimate of drug-likeness (QED) is 0.767. The number of aliphatic hydroxyl groups is 1. The molecule has 1 aromatic carbocycles. The van der Waals surface area contributed by atoms with Crippen LogP contribution in [0.2, 0.25) is 0 Å². The fourth-order valence-corrected chi connectivity index (χ4v) is 2.50. The number of Topliss-reactive ketones (excluding diaryl/α,β-unsaturated/α-hetero) is 1. The molecule has 104 valence electrons. The molecule has 0 aromatic heterocycles. The van der Waals surface area contributed by atoms with Gasteiger partial charge in [-0.1, -0.05) is 6.92 Å². The molecule has 3 heteroatoms. The number of hydrogen-bond donors (Lipinski definition) is 1. The van der Waals surface area contributed by atoms with Gasteiger partial charge in [-0.25, -0.2) is 0 Å². The maximum atomic E-state index is 11.6. The Labute approximate surface area is 115 Å². The number of nitrogens with zero attached hydrogens (tertiary/aromatic N) is 1. The van der Waals surface area contributed by atoms with Gasteiger partial charge in [0.2, 0.25) is 0 Å². The van der Waals surface area contributed by atoms with Gasteiger partial charge in [-0.15, -0.1) is 0 Å². The van der Waals surface area contributed by atoms with Crippen LogP contribution in [0, 0.1) is 0 Å². The van der Waals surface area contributed by atoms with Crippen LogP contribution >= 0.6 is 0 Å². The molecule has 0 amide bonds. The summed E-state index contributed by atoms with van der Waals surface area (Å²) in [6, 6.07) is 8.54. The Balaban J connectivity index is 2.09. The summed E-state index contributed by atoms with van der Waals surface area (Å²) >= 11 is 0. The zero-order valence-electron chi connectivity index (χ0n) is 11.6. The van der Waals surface area contributed by atoms with Crippen molar-refractivity contribution in [3.05, 3.63) is 29.8 Å². The molecule has 19 heavy (non-hydrogen) atoms. The molecule has 0 saturated heterocycles. The lowest BCUT2D eigenvalue weighted by Crippen LogP contribution is -2.41. The molecule has 0 heterocycles. The predicted octanol–water partition coefficient (Wildman–Crippen LogP) is 3.02. The van der Waals surface area contributed by atoms with E-state index in [9.17, 15) is 4.79 Å². The molecule has 1 fully saturated rings. The number of anilines is 1. The predicted molar refractivity (Wildman–Crippen MR) is 77.8 cm³/mol. The molecular formula is C16H23NO2. The molecular weight excluding hydrogens is 238 g/mol. The van der Waals surface area contributed by atoms with E-state index in [-0.39, 0.29) is 12.4 Å². The lowest BCUT2D eigenvalue weighted by atomic mass is 9.90. The van der Waals surface area contributed by atoms with E-state index in [0.29, 0.717) is 12.5 Å². The van der Waals surface area contributed by atoms with Crippen molar-refractivity contribution in [1.82, 2.24) is 0 Å². The van der Waals surface area contributed by atoms with Crippen molar-refractivity contribution >= 4 is 11.5 Å². The number of ketones is 1. The van der Waals surface area contributed by atoms with Crippen LogP contribution in [-0.2, 0) is 0 Å². The number of carbonyl (C=O) groups is 1. The SMILES string of the molecule is CCC(=O)c1ccc(N(CCCO)C2CCC2)cc1. The van der Waals surface area contributed by atoms with Crippen LogP contribution in [0.15, 0.2) is 24.3 Å². The van der Waals surface area contributed by atoms with Crippen molar-refractivity contribution in [3.8, 4) is 0 Å². The fourth-order valence-electron chi connectivity index (χ4n) is 2.50. The Hall–Kier alpha value is -1.35. The molecule has 0 atom stereocenters. The minimum absolute atomic E-state index is 0.192. The Morgan fingerprint density at radius 2 is 2.00 bits per heavy atom. The smallest absolute Gasteiger partial charge is 0.162 e. The van der Waals surface area contributed by atoms with Gasteiger partial charge in [0.15, 0.2) is 5.78 Å². The van der Waals surface area contributed by atoms with E-state index in [2.05, 4.69) is 4.90 Å². The molecule has 2 rings (SSSR count). The third kappa shape index (κ3) is 3.35. The number of benzene rings is 1. The van der Waals surface area contributed by atoms with Gasteiger partial charge >= 0.3 is 0 Å². The van der Waals surface area contributed by atoms with E-state index in [1.54, 1.807) is 0 Å². The molecule has 0 bridgehead atoms. The van der Waals surface area contributed by atoms with Crippen molar-refractivity contribution < 1.29 is 9.90 Å². The van der Waals surface area contributed by atoms with Gasteiger partial charge in [-0.05, 0) is 49.9 Å². The molecule has 0 unspecified atom stereocenters. The third-order valence-electron chi connectivity index (χ3n) is 3.91. The standard InChI is InChI=1S/C16H23NO2/c1-2-16(19)13-7-9-15(10-8-13)17(11-4-12-18)14-5-3-6-14/h7-10,14,18H,2-6,11-12H2,1H3. The molecule has 0 radical (unpaired) electrons. The highest BCUT2D eigenvalue weighted by Gasteiger charge is 2.24. The average Bonchev–Trinajstić information content (AvgIpc) is 2.40. The highest BCUT2D eigenvalue weighted by molar-refractivity contribution is 5.96. The van der Waals surface area contributed by atoms with Gasteiger partial charge in [-0.3, -0.25) is 4.79 Å². The topological polar surface area (TPSA) is 40.5 Å². The van der Waals surface area contributed by atoms with Crippen molar-refractivity contribution in [2.24, 2.45) is 0 Å². The lowest BCUT2D eigenvalue weighted by Gasteiger charge is -2.39. The first-order chi connectivity index (χ1) is 9.26. The van der Waals surface area contributed by atoms with E-state index in [1.165, 1.54) is 24.9 Å². The molecule has 1 aromatic rings. The average molecular weight is 261 g/mol. The molecule has 1 N–H and O–H groups in total. The third-order valence-corrected chi connectivity index (χ3v) is 3.91. The first-order valence-corrected chi connectivity index (χ1v) is 7.27. The molecule has 3 nitrogen and oxygen atoms in total. The van der Waals surface area contributed by atoms with E-state index in [0.717, 1.165) is 18.5 Å². The van der Waals surface area contributed by atoms with E-state index in [1.807, 2.05) is 31.2 Å². The number of aliphatic hydroxyl groups excluding tert-OH is 1. The largest absolute Gasteiger partial charge is 0.396 e. The van der Waals surface area contributed by atoms with Crippen LogP contribution in [0.4, 0.5) is 5.69 Å². The van der Waals surface area contributed by atoms with Gasteiger partial charge in [0, 0.05) is 36.9 Å². The Kier molecular flexibility index (Phi) is 4.97. The molecule has 0 spiro atoms. The van der Waals surface area contributed by atoms with E-state index < -0.39 is 0 Å². The molecule has 1 saturated carbocycles. The van der Waals surface area contributed by atoms with Crippen LogP contribution < -0.4 is 4.90 Å². The molecule has 1 aliphatic rings. The molecule has 0 aliphatic heterocycles. The van der Waals surface area contributed by atoms with Gasteiger partial charge < -0.3 is 10.0 Å². The summed E-state index contributed by atoms with van der Waals surface area (Å²) in [5.41, 5.74) is 1.97. The van der Waals surface area contributed by atoms with Crippen LogP contribution in [0.3, 0.4) is 0 Å². The molecule has 1 aliphatic carbocycles. The van der Waals surface area contributed by atoms with E-state index in [4.69, 9.17) is 5.11 Å². The first kappa shape index (κ1) is 14.1. The zero-order valence-corrected chi connectivity index (χ0v) is 11.6. The summed E-state index contributed by atoms with van der Waals surface area (Å²) < 4.78 is 0. The number of hydrogen-bond acceptors (Lipinski definition) is 3. The van der Waals surface area contributed by atoms with Gasteiger partial charge in [0.05, 0.1) is 0 Å². The van der Waals surface area contributed by atoms with Crippen molar-refractivity contribution in [2.75, 3.05) is 18.1 Å². The summed E-state index contributed by atoms with van der Waals surface area (Å²) in [6.07, 6.45) is 5.12. The Morgan fingerprint density at radius 3 is 2.47 bits per heavy atom. The highest BCUT2D eigenvalue weighted by Crippen LogP contribution is 2.29. The van der Waals surface area contributed by atoms with Crippen molar-refractivity contribution in [2.45, 2.75) is 45.1 Å². The zero-order chi connectivity index (χ0) is 13.7. The number of rotatable bonds is 7. The normalized spacial score (nSPS) is 15.1. The second kappa shape index (κ2) is 6.71. The monoisotopic (exact) mass is 261 g/mol. The number of carbonyl (C=O) groups excluding carboxylic acids is 1. The fraction of sp³-hybridized carbons (Fsp3) is 0.562. The highest BCUT2D eigenvalue weighted by atomic mass is 16.3. The summed E-state index contributed by atoms with van der Waals surface area (Å²) in [5.74, 6) is 0.192. The van der Waals surface area contributed by atoms with Crippen LogP contribution in [0.1, 0.15) is 49.4 Å².